The van der Waals surface area contributed by atoms with Crippen molar-refractivity contribution in [1.82, 2.24) is 0 Å². The van der Waals surface area contributed by atoms with Crippen molar-refractivity contribution < 1.29 is 19.0 Å². The monoisotopic (exact) mass is 456 g/mol. The molecule has 0 fully saturated rings. The molecule has 4 heteroatoms. The minimum atomic E-state index is -0.394. The number of hydrogen-bond donors (Lipinski definition) is 0. The van der Waals surface area contributed by atoms with Crippen LogP contribution in [-0.4, -0.2) is 26.3 Å². The van der Waals surface area contributed by atoms with E-state index in [2.05, 4.69) is 69.3 Å². The van der Waals surface area contributed by atoms with Crippen LogP contribution in [0.2, 0.25) is 0 Å². The summed E-state index contributed by atoms with van der Waals surface area (Å²) in [6.45, 7) is 8.46. The second-order valence-corrected chi connectivity index (χ2v) is 8.83. The van der Waals surface area contributed by atoms with E-state index in [1.165, 1.54) is 39.0 Å². The van der Waals surface area contributed by atoms with E-state index in [9.17, 15) is 4.79 Å². The molecular formula is C30H32O4. The molecule has 0 N–H and O–H groups in total. The van der Waals surface area contributed by atoms with E-state index in [0.717, 1.165) is 12.0 Å². The predicted molar refractivity (Wildman–Crippen MR) is 136 cm³/mol. The van der Waals surface area contributed by atoms with Gasteiger partial charge in [-0.2, -0.15) is 0 Å². The fourth-order valence-electron chi connectivity index (χ4n) is 4.76. The quantitative estimate of drug-likeness (QED) is 0.362. The molecule has 0 aliphatic heterocycles. The Hall–Kier alpha value is -3.53. The average molecular weight is 457 g/mol. The first-order chi connectivity index (χ1) is 16.4. The highest BCUT2D eigenvalue weighted by atomic mass is 16.6. The standard InChI is InChI=1S/C30H32O4/c1-6-33-29(31)18-34-27-14-10-22(17-28(27)32-5)16-26-24-13-9-20(3)15-25(24)21(4)30(26)23-11-7-19(2)8-12-23/h7-15,17,26H,6,16,18H2,1-5H3. The lowest BCUT2D eigenvalue weighted by Crippen LogP contribution is -2.15. The van der Waals surface area contributed by atoms with Crippen LogP contribution in [0, 0.1) is 13.8 Å². The van der Waals surface area contributed by atoms with E-state index in [1.807, 2.05) is 12.1 Å². The maximum absolute atomic E-state index is 11.7. The van der Waals surface area contributed by atoms with E-state index in [-0.39, 0.29) is 12.5 Å². The second kappa shape index (κ2) is 10.2. The zero-order valence-electron chi connectivity index (χ0n) is 20.6. The molecule has 0 saturated heterocycles. The molecule has 4 rings (SSSR count). The third-order valence-corrected chi connectivity index (χ3v) is 6.42. The summed E-state index contributed by atoms with van der Waals surface area (Å²) in [4.78, 5) is 11.7. The molecule has 4 nitrogen and oxygen atoms in total. The molecule has 1 unspecified atom stereocenters. The van der Waals surface area contributed by atoms with Gasteiger partial charge in [-0.1, -0.05) is 59.7 Å². The van der Waals surface area contributed by atoms with Gasteiger partial charge in [0, 0.05) is 5.92 Å². The van der Waals surface area contributed by atoms with Crippen LogP contribution in [0.1, 0.15) is 53.1 Å². The van der Waals surface area contributed by atoms with Gasteiger partial charge in [0.15, 0.2) is 18.1 Å². The molecule has 0 heterocycles. The Morgan fingerprint density at radius 3 is 2.32 bits per heavy atom. The van der Waals surface area contributed by atoms with E-state index < -0.39 is 5.97 Å². The van der Waals surface area contributed by atoms with Crippen LogP contribution < -0.4 is 9.47 Å². The molecule has 0 amide bonds. The summed E-state index contributed by atoms with van der Waals surface area (Å²) in [6.07, 6.45) is 0.838. The van der Waals surface area contributed by atoms with Gasteiger partial charge >= 0.3 is 5.97 Å². The number of ether oxygens (including phenoxy) is 3. The molecule has 0 spiro atoms. The smallest absolute Gasteiger partial charge is 0.344 e. The van der Waals surface area contributed by atoms with Crippen molar-refractivity contribution >= 4 is 17.1 Å². The number of hydrogen-bond acceptors (Lipinski definition) is 4. The highest BCUT2D eigenvalue weighted by Crippen LogP contribution is 2.49. The molecule has 3 aromatic carbocycles. The topological polar surface area (TPSA) is 44.8 Å². The lowest BCUT2D eigenvalue weighted by atomic mass is 9.85. The fourth-order valence-corrected chi connectivity index (χ4v) is 4.76. The van der Waals surface area contributed by atoms with Gasteiger partial charge in [-0.15, -0.1) is 0 Å². The Labute approximate surface area is 202 Å². The molecule has 1 atom stereocenters. The number of esters is 1. The summed E-state index contributed by atoms with van der Waals surface area (Å²) in [5, 5.41) is 0. The molecule has 1 aliphatic rings. The van der Waals surface area contributed by atoms with Gasteiger partial charge in [0.25, 0.3) is 0 Å². The SMILES string of the molecule is CCOC(=O)COc1ccc(CC2C(c3ccc(C)cc3)=C(C)c3cc(C)ccc32)cc1OC. The minimum absolute atomic E-state index is 0.140. The number of aryl methyl sites for hydroxylation is 2. The van der Waals surface area contributed by atoms with Crippen LogP contribution in [0.25, 0.3) is 11.1 Å². The first kappa shape index (κ1) is 23.6. The van der Waals surface area contributed by atoms with E-state index in [4.69, 9.17) is 14.2 Å². The van der Waals surface area contributed by atoms with Crippen LogP contribution in [0.3, 0.4) is 0 Å². The van der Waals surface area contributed by atoms with Crippen LogP contribution in [0.4, 0.5) is 0 Å². The van der Waals surface area contributed by atoms with Crippen molar-refractivity contribution in [3.05, 3.63) is 94.0 Å². The molecule has 0 radical (unpaired) electrons. The highest BCUT2D eigenvalue weighted by molar-refractivity contribution is 5.99. The number of carbonyl (C=O) groups is 1. The van der Waals surface area contributed by atoms with Gasteiger partial charge in [0.1, 0.15) is 0 Å². The number of methoxy groups -OCH3 is 1. The van der Waals surface area contributed by atoms with E-state index >= 15 is 0 Å². The molecule has 3 aromatic rings. The molecule has 34 heavy (non-hydrogen) atoms. The first-order valence-electron chi connectivity index (χ1n) is 11.7. The molecule has 0 saturated carbocycles. The van der Waals surface area contributed by atoms with E-state index in [0.29, 0.717) is 18.1 Å². The largest absolute Gasteiger partial charge is 0.493 e. The van der Waals surface area contributed by atoms with Crippen LogP contribution in [0.5, 0.6) is 11.5 Å². The Bertz CT molecular complexity index is 1220. The summed E-state index contributed by atoms with van der Waals surface area (Å²) in [5.41, 5.74) is 10.4. The summed E-state index contributed by atoms with van der Waals surface area (Å²) >= 11 is 0. The lowest BCUT2D eigenvalue weighted by molar-refractivity contribution is -0.145. The summed E-state index contributed by atoms with van der Waals surface area (Å²) in [5.74, 6) is 0.998. The number of fused-ring (bicyclic) bond motifs is 1. The van der Waals surface area contributed by atoms with Crippen molar-refractivity contribution in [3.63, 3.8) is 0 Å². The Kier molecular flexibility index (Phi) is 7.06. The Morgan fingerprint density at radius 2 is 1.62 bits per heavy atom. The van der Waals surface area contributed by atoms with Gasteiger partial charge in [-0.3, -0.25) is 0 Å². The van der Waals surface area contributed by atoms with Crippen LogP contribution >= 0.6 is 0 Å². The number of carbonyl (C=O) groups excluding carboxylic acids is 1. The summed E-state index contributed by atoms with van der Waals surface area (Å²) in [6, 6.07) is 21.5. The number of benzene rings is 3. The Balaban J connectivity index is 1.66. The highest BCUT2D eigenvalue weighted by Gasteiger charge is 2.30. The first-order valence-corrected chi connectivity index (χ1v) is 11.7. The Morgan fingerprint density at radius 1 is 0.882 bits per heavy atom. The second-order valence-electron chi connectivity index (χ2n) is 8.83. The maximum atomic E-state index is 11.7. The van der Waals surface area contributed by atoms with Gasteiger partial charge in [-0.05, 0) is 79.6 Å². The number of rotatable bonds is 8. The van der Waals surface area contributed by atoms with Crippen LogP contribution in [0.15, 0.2) is 60.7 Å². The van der Waals surface area contributed by atoms with Gasteiger partial charge in [0.05, 0.1) is 13.7 Å². The van der Waals surface area contributed by atoms with Gasteiger partial charge in [0.2, 0.25) is 0 Å². The molecule has 176 valence electrons. The molecule has 0 aromatic heterocycles. The number of allylic oxidation sites excluding steroid dienone is 2. The van der Waals surface area contributed by atoms with Crippen molar-refractivity contribution in [2.45, 2.75) is 40.0 Å². The van der Waals surface area contributed by atoms with Gasteiger partial charge in [-0.25, -0.2) is 4.79 Å². The van der Waals surface area contributed by atoms with Crippen LogP contribution in [-0.2, 0) is 16.0 Å². The normalized spacial score (nSPS) is 14.7. The van der Waals surface area contributed by atoms with Gasteiger partial charge < -0.3 is 14.2 Å². The molecule has 1 aliphatic carbocycles. The van der Waals surface area contributed by atoms with Crippen molar-refractivity contribution in [2.24, 2.45) is 0 Å². The predicted octanol–water partition coefficient (Wildman–Crippen LogP) is 6.52. The maximum Gasteiger partial charge on any atom is 0.344 e. The summed E-state index contributed by atoms with van der Waals surface area (Å²) < 4.78 is 16.2. The van der Waals surface area contributed by atoms with Crippen molar-refractivity contribution in [1.29, 1.82) is 0 Å². The summed E-state index contributed by atoms with van der Waals surface area (Å²) in [7, 11) is 1.62. The third-order valence-electron chi connectivity index (χ3n) is 6.42. The fraction of sp³-hybridized carbons (Fsp3) is 0.300. The van der Waals surface area contributed by atoms with Crippen molar-refractivity contribution in [3.8, 4) is 11.5 Å². The molecule has 0 bridgehead atoms. The van der Waals surface area contributed by atoms with Crippen molar-refractivity contribution in [2.75, 3.05) is 20.3 Å². The van der Waals surface area contributed by atoms with E-state index in [1.54, 1.807) is 14.0 Å². The zero-order valence-corrected chi connectivity index (χ0v) is 20.6. The molecular weight excluding hydrogens is 424 g/mol. The minimum Gasteiger partial charge on any atom is -0.493 e. The lowest BCUT2D eigenvalue weighted by Gasteiger charge is -2.19. The zero-order chi connectivity index (χ0) is 24.2. The average Bonchev–Trinajstić information content (AvgIpc) is 3.09. The third kappa shape index (κ3) is 4.86.